The Kier molecular flexibility index (Phi) is 6.13. The first kappa shape index (κ1) is 18.7. The number of carbonyl (C=O) groups is 1. The highest BCUT2D eigenvalue weighted by Crippen LogP contribution is 2.30. The first-order valence-corrected chi connectivity index (χ1v) is 9.55. The minimum absolute atomic E-state index is 0.111. The van der Waals surface area contributed by atoms with Crippen molar-refractivity contribution in [2.75, 3.05) is 11.1 Å². The SMILES string of the molecule is CCn1c(SCC(=O)Nc2ccccc2)nnc1-c1cnc(Cl)cc1Cl. The van der Waals surface area contributed by atoms with E-state index in [1.54, 1.807) is 12.3 Å². The summed E-state index contributed by atoms with van der Waals surface area (Å²) in [6.45, 7) is 2.60. The van der Waals surface area contributed by atoms with Crippen LogP contribution in [0, 0.1) is 0 Å². The molecule has 3 rings (SSSR count). The Morgan fingerprint density at radius 1 is 1.23 bits per heavy atom. The second kappa shape index (κ2) is 8.53. The maximum Gasteiger partial charge on any atom is 0.234 e. The van der Waals surface area contributed by atoms with Crippen LogP contribution in [0.4, 0.5) is 5.69 Å². The van der Waals surface area contributed by atoms with E-state index in [0.29, 0.717) is 33.3 Å². The van der Waals surface area contributed by atoms with Crippen molar-refractivity contribution >= 4 is 46.6 Å². The van der Waals surface area contributed by atoms with Gasteiger partial charge in [0.15, 0.2) is 11.0 Å². The van der Waals surface area contributed by atoms with E-state index in [1.807, 2.05) is 41.8 Å². The van der Waals surface area contributed by atoms with Crippen molar-refractivity contribution in [3.63, 3.8) is 0 Å². The van der Waals surface area contributed by atoms with Crippen LogP contribution in [0.1, 0.15) is 6.92 Å². The van der Waals surface area contributed by atoms with Gasteiger partial charge in [0.1, 0.15) is 5.15 Å². The summed E-state index contributed by atoms with van der Waals surface area (Å²) in [5, 5.41) is 12.6. The summed E-state index contributed by atoms with van der Waals surface area (Å²) in [6.07, 6.45) is 1.57. The van der Waals surface area contributed by atoms with Gasteiger partial charge in [0.25, 0.3) is 0 Å². The standard InChI is InChI=1S/C17H15Cl2N5OS/c1-2-24-16(12-9-20-14(19)8-13(12)18)22-23-17(24)26-10-15(25)21-11-6-4-3-5-7-11/h3-9H,2,10H2,1H3,(H,21,25). The van der Waals surface area contributed by atoms with Crippen molar-refractivity contribution in [3.8, 4) is 11.4 Å². The van der Waals surface area contributed by atoms with Crippen LogP contribution < -0.4 is 5.32 Å². The average Bonchev–Trinajstić information content (AvgIpc) is 3.03. The lowest BCUT2D eigenvalue weighted by atomic mass is 10.2. The van der Waals surface area contributed by atoms with E-state index in [4.69, 9.17) is 23.2 Å². The van der Waals surface area contributed by atoms with Crippen molar-refractivity contribution in [1.82, 2.24) is 19.7 Å². The number of halogens is 2. The molecule has 6 nitrogen and oxygen atoms in total. The molecule has 0 saturated carbocycles. The molecule has 0 radical (unpaired) electrons. The van der Waals surface area contributed by atoms with Gasteiger partial charge in [0, 0.05) is 18.4 Å². The normalized spacial score (nSPS) is 10.7. The number of hydrogen-bond donors (Lipinski definition) is 1. The maximum atomic E-state index is 12.1. The van der Waals surface area contributed by atoms with Crippen LogP contribution in [0.25, 0.3) is 11.4 Å². The fourth-order valence-corrected chi connectivity index (χ4v) is 3.55. The van der Waals surface area contributed by atoms with Crippen molar-refractivity contribution in [2.24, 2.45) is 0 Å². The van der Waals surface area contributed by atoms with Crippen LogP contribution in [0.15, 0.2) is 47.8 Å². The third-order valence-corrected chi connectivity index (χ3v) is 4.97. The fourth-order valence-electron chi connectivity index (χ4n) is 2.30. The van der Waals surface area contributed by atoms with Gasteiger partial charge in [-0.05, 0) is 25.1 Å². The number of para-hydroxylation sites is 1. The van der Waals surface area contributed by atoms with E-state index in [9.17, 15) is 4.79 Å². The van der Waals surface area contributed by atoms with Crippen LogP contribution in [0.2, 0.25) is 10.2 Å². The number of nitrogens with one attached hydrogen (secondary N) is 1. The largest absolute Gasteiger partial charge is 0.325 e. The summed E-state index contributed by atoms with van der Waals surface area (Å²) in [5.41, 5.74) is 1.40. The Morgan fingerprint density at radius 2 is 2.00 bits per heavy atom. The molecular weight excluding hydrogens is 393 g/mol. The van der Waals surface area contributed by atoms with E-state index in [-0.39, 0.29) is 11.7 Å². The molecule has 2 aromatic heterocycles. The predicted molar refractivity (Wildman–Crippen MR) is 105 cm³/mol. The topological polar surface area (TPSA) is 72.7 Å². The van der Waals surface area contributed by atoms with Crippen LogP contribution in [-0.2, 0) is 11.3 Å². The average molecular weight is 408 g/mol. The Bertz CT molecular complexity index is 917. The Morgan fingerprint density at radius 3 is 2.69 bits per heavy atom. The van der Waals surface area contributed by atoms with Gasteiger partial charge in [0.2, 0.25) is 5.91 Å². The van der Waals surface area contributed by atoms with Crippen molar-refractivity contribution in [2.45, 2.75) is 18.6 Å². The lowest BCUT2D eigenvalue weighted by Crippen LogP contribution is -2.14. The summed E-state index contributed by atoms with van der Waals surface area (Å²) in [7, 11) is 0. The second-order valence-electron chi connectivity index (χ2n) is 5.24. The lowest BCUT2D eigenvalue weighted by Gasteiger charge is -2.08. The number of benzene rings is 1. The molecule has 1 amide bonds. The molecular formula is C17H15Cl2N5OS. The molecule has 9 heteroatoms. The fraction of sp³-hybridized carbons (Fsp3) is 0.176. The molecule has 0 unspecified atom stereocenters. The molecule has 0 atom stereocenters. The van der Waals surface area contributed by atoms with Gasteiger partial charge in [-0.15, -0.1) is 10.2 Å². The molecule has 3 aromatic rings. The quantitative estimate of drug-likeness (QED) is 0.484. The summed E-state index contributed by atoms with van der Waals surface area (Å²) in [5.74, 6) is 0.701. The number of aromatic nitrogens is 4. The number of pyridine rings is 1. The molecule has 0 aliphatic rings. The van der Waals surface area contributed by atoms with E-state index < -0.39 is 0 Å². The van der Waals surface area contributed by atoms with Gasteiger partial charge in [-0.1, -0.05) is 53.2 Å². The lowest BCUT2D eigenvalue weighted by molar-refractivity contribution is -0.113. The first-order chi connectivity index (χ1) is 12.6. The molecule has 2 heterocycles. The maximum absolute atomic E-state index is 12.1. The first-order valence-electron chi connectivity index (χ1n) is 7.80. The number of rotatable bonds is 6. The van der Waals surface area contributed by atoms with E-state index in [1.165, 1.54) is 11.8 Å². The van der Waals surface area contributed by atoms with Gasteiger partial charge >= 0.3 is 0 Å². The molecule has 26 heavy (non-hydrogen) atoms. The van der Waals surface area contributed by atoms with Gasteiger partial charge in [-0.25, -0.2) is 4.98 Å². The highest BCUT2D eigenvalue weighted by Gasteiger charge is 2.17. The van der Waals surface area contributed by atoms with Crippen molar-refractivity contribution in [1.29, 1.82) is 0 Å². The zero-order valence-corrected chi connectivity index (χ0v) is 16.1. The molecule has 0 spiro atoms. The Hall–Kier alpha value is -2.09. The smallest absolute Gasteiger partial charge is 0.234 e. The van der Waals surface area contributed by atoms with Crippen LogP contribution in [-0.4, -0.2) is 31.4 Å². The van der Waals surface area contributed by atoms with Crippen molar-refractivity contribution in [3.05, 3.63) is 52.8 Å². The summed E-state index contributed by atoms with van der Waals surface area (Å²) in [4.78, 5) is 16.2. The minimum Gasteiger partial charge on any atom is -0.325 e. The van der Waals surface area contributed by atoms with E-state index in [0.717, 1.165) is 5.69 Å². The highest BCUT2D eigenvalue weighted by molar-refractivity contribution is 7.99. The summed E-state index contributed by atoms with van der Waals surface area (Å²) >= 11 is 13.4. The molecule has 134 valence electrons. The number of thioether (sulfide) groups is 1. The van der Waals surface area contributed by atoms with Gasteiger partial charge in [-0.2, -0.15) is 0 Å². The number of amides is 1. The van der Waals surface area contributed by atoms with Gasteiger partial charge in [0.05, 0.1) is 16.3 Å². The molecule has 0 aliphatic heterocycles. The molecule has 0 aliphatic carbocycles. The third kappa shape index (κ3) is 4.35. The Balaban J connectivity index is 1.73. The number of carbonyl (C=O) groups excluding carboxylic acids is 1. The molecule has 1 aromatic carbocycles. The number of anilines is 1. The zero-order chi connectivity index (χ0) is 18.5. The molecule has 0 bridgehead atoms. The number of hydrogen-bond acceptors (Lipinski definition) is 5. The van der Waals surface area contributed by atoms with Gasteiger partial charge in [-0.3, -0.25) is 4.79 Å². The Labute approximate surface area is 164 Å². The summed E-state index contributed by atoms with van der Waals surface area (Å²) in [6, 6.07) is 10.9. The van der Waals surface area contributed by atoms with Gasteiger partial charge < -0.3 is 9.88 Å². The minimum atomic E-state index is -0.111. The van der Waals surface area contributed by atoms with Crippen LogP contribution >= 0.6 is 35.0 Å². The third-order valence-electron chi connectivity index (χ3n) is 3.48. The zero-order valence-electron chi connectivity index (χ0n) is 13.8. The summed E-state index contributed by atoms with van der Waals surface area (Å²) < 4.78 is 1.89. The monoisotopic (exact) mass is 407 g/mol. The molecule has 0 fully saturated rings. The van der Waals surface area contributed by atoms with E-state index in [2.05, 4.69) is 20.5 Å². The number of nitrogens with zero attached hydrogens (tertiary/aromatic N) is 4. The van der Waals surface area contributed by atoms with Crippen LogP contribution in [0.5, 0.6) is 0 Å². The highest BCUT2D eigenvalue weighted by atomic mass is 35.5. The molecule has 0 saturated heterocycles. The second-order valence-corrected chi connectivity index (χ2v) is 6.98. The predicted octanol–water partition coefficient (Wildman–Crippen LogP) is 4.40. The van der Waals surface area contributed by atoms with E-state index >= 15 is 0 Å². The van der Waals surface area contributed by atoms with Crippen LogP contribution in [0.3, 0.4) is 0 Å². The molecule has 1 N–H and O–H groups in total. The van der Waals surface area contributed by atoms with Crippen molar-refractivity contribution < 1.29 is 4.79 Å².